The highest BCUT2D eigenvalue weighted by Crippen LogP contribution is 1.99. The predicted octanol–water partition coefficient (Wildman–Crippen LogP) is -1.49. The van der Waals surface area contributed by atoms with Gasteiger partial charge in [0.2, 0.25) is 5.91 Å². The molecule has 0 aromatic rings. The average Bonchev–Trinajstić information content (AvgIpc) is 2.54. The Morgan fingerprint density at radius 1 is 1.13 bits per heavy atom. The maximum absolute atomic E-state index is 12.1. The van der Waals surface area contributed by atoms with E-state index in [9.17, 15) is 9.59 Å². The molecule has 1 atom stereocenters. The third-order valence-corrected chi connectivity index (χ3v) is 4.32. The van der Waals surface area contributed by atoms with Gasteiger partial charge in [-0.3, -0.25) is 9.69 Å². The van der Waals surface area contributed by atoms with Gasteiger partial charge in [-0.2, -0.15) is 11.8 Å². The van der Waals surface area contributed by atoms with Gasteiger partial charge < -0.3 is 26.1 Å². The number of carbonyl (C=O) groups excluding carboxylic acids is 2. The molecule has 0 aromatic carbocycles. The van der Waals surface area contributed by atoms with Crippen LogP contribution in [0.4, 0.5) is 0 Å². The Labute approximate surface area is 143 Å². The van der Waals surface area contributed by atoms with E-state index in [4.69, 9.17) is 0 Å². The molecule has 0 radical (unpaired) electrons. The van der Waals surface area contributed by atoms with Crippen molar-refractivity contribution in [3.63, 3.8) is 0 Å². The molecule has 1 amide bonds. The highest BCUT2D eigenvalue weighted by Gasteiger charge is 2.14. The van der Waals surface area contributed by atoms with Crippen LogP contribution in [0.2, 0.25) is 0 Å². The summed E-state index contributed by atoms with van der Waals surface area (Å²) >= 11 is 1.68. The molecule has 7 nitrogen and oxygen atoms in total. The first-order valence-electron chi connectivity index (χ1n) is 8.34. The van der Waals surface area contributed by atoms with Crippen LogP contribution in [0.5, 0.6) is 0 Å². The topological polar surface area (TPSA) is 85.5 Å². The number of amides is 1. The lowest BCUT2D eigenvalue weighted by atomic mass is 10.2. The molecule has 0 bridgehead atoms. The van der Waals surface area contributed by atoms with Crippen LogP contribution in [-0.4, -0.2) is 94.0 Å². The molecule has 1 saturated heterocycles. The standard InChI is InChI=1S/C15H31N5O2S/c1-23-11-2-14(13-21)19-15(22)12-20-9-7-17-5-3-16-4-6-18-8-10-20/h13-14,16-18H,2-12H2,1H3,(H,19,22). The summed E-state index contributed by atoms with van der Waals surface area (Å²) in [6.45, 7) is 7.49. The summed E-state index contributed by atoms with van der Waals surface area (Å²) in [5.41, 5.74) is 0. The normalized spacial score (nSPS) is 20.0. The van der Waals surface area contributed by atoms with Gasteiger partial charge in [-0.15, -0.1) is 0 Å². The van der Waals surface area contributed by atoms with Crippen LogP contribution in [0.1, 0.15) is 6.42 Å². The van der Waals surface area contributed by atoms with Crippen molar-refractivity contribution in [1.29, 1.82) is 0 Å². The van der Waals surface area contributed by atoms with E-state index in [1.54, 1.807) is 11.8 Å². The number of rotatable bonds is 7. The molecule has 0 saturated carbocycles. The van der Waals surface area contributed by atoms with Crippen molar-refractivity contribution >= 4 is 24.0 Å². The molecule has 8 heteroatoms. The fourth-order valence-electron chi connectivity index (χ4n) is 2.35. The van der Waals surface area contributed by atoms with E-state index in [0.717, 1.165) is 64.4 Å². The maximum Gasteiger partial charge on any atom is 0.234 e. The van der Waals surface area contributed by atoms with Crippen LogP contribution in [0, 0.1) is 0 Å². The predicted molar refractivity (Wildman–Crippen MR) is 96.0 cm³/mol. The van der Waals surface area contributed by atoms with E-state index in [0.29, 0.717) is 13.0 Å². The van der Waals surface area contributed by atoms with Crippen LogP contribution in [-0.2, 0) is 9.59 Å². The number of hydrogen-bond donors (Lipinski definition) is 4. The van der Waals surface area contributed by atoms with Gasteiger partial charge >= 0.3 is 0 Å². The Balaban J connectivity index is 2.36. The SMILES string of the molecule is CSCCC(C=O)NC(=O)CN1CCNCCNCCNCC1. The van der Waals surface area contributed by atoms with Gasteiger partial charge in [0.25, 0.3) is 0 Å². The zero-order valence-electron chi connectivity index (χ0n) is 14.1. The molecule has 1 aliphatic rings. The fraction of sp³-hybridized carbons (Fsp3) is 0.867. The first-order chi connectivity index (χ1) is 11.3. The molecule has 1 fully saturated rings. The molecule has 0 aromatic heterocycles. The minimum absolute atomic E-state index is 0.0723. The lowest BCUT2D eigenvalue weighted by Gasteiger charge is -2.24. The molecule has 23 heavy (non-hydrogen) atoms. The van der Waals surface area contributed by atoms with Crippen LogP contribution < -0.4 is 21.3 Å². The van der Waals surface area contributed by atoms with Gasteiger partial charge in [-0.1, -0.05) is 0 Å². The van der Waals surface area contributed by atoms with E-state index in [1.165, 1.54) is 0 Å². The first-order valence-corrected chi connectivity index (χ1v) is 9.73. The van der Waals surface area contributed by atoms with Crippen molar-refractivity contribution in [2.75, 3.05) is 70.9 Å². The molecular weight excluding hydrogens is 314 g/mol. The van der Waals surface area contributed by atoms with E-state index in [-0.39, 0.29) is 11.9 Å². The van der Waals surface area contributed by atoms with Gasteiger partial charge in [0.15, 0.2) is 0 Å². The van der Waals surface area contributed by atoms with Crippen LogP contribution in [0.3, 0.4) is 0 Å². The zero-order valence-corrected chi connectivity index (χ0v) is 14.9. The van der Waals surface area contributed by atoms with E-state index < -0.39 is 0 Å². The Kier molecular flexibility index (Phi) is 12.2. The zero-order chi connectivity index (χ0) is 16.8. The second-order valence-corrected chi connectivity index (χ2v) is 6.60. The summed E-state index contributed by atoms with van der Waals surface area (Å²) in [4.78, 5) is 25.3. The molecule has 1 heterocycles. The van der Waals surface area contributed by atoms with Crippen molar-refractivity contribution in [2.45, 2.75) is 12.5 Å². The summed E-state index contributed by atoms with van der Waals surface area (Å²) in [5.74, 6) is 0.798. The van der Waals surface area contributed by atoms with Crippen LogP contribution in [0.25, 0.3) is 0 Å². The fourth-order valence-corrected chi connectivity index (χ4v) is 2.84. The van der Waals surface area contributed by atoms with Crippen molar-refractivity contribution in [3.05, 3.63) is 0 Å². The Bertz CT molecular complexity index is 321. The number of hydrogen-bond acceptors (Lipinski definition) is 7. The molecule has 0 spiro atoms. The average molecular weight is 346 g/mol. The smallest absolute Gasteiger partial charge is 0.234 e. The molecule has 1 unspecified atom stereocenters. The number of carbonyl (C=O) groups is 2. The number of nitrogens with zero attached hydrogens (tertiary/aromatic N) is 1. The minimum Gasteiger partial charge on any atom is -0.345 e. The lowest BCUT2D eigenvalue weighted by molar-refractivity contribution is -0.125. The highest BCUT2D eigenvalue weighted by molar-refractivity contribution is 7.98. The number of nitrogens with one attached hydrogen (secondary N) is 4. The number of aldehydes is 1. The molecule has 1 rings (SSSR count). The van der Waals surface area contributed by atoms with Crippen molar-refractivity contribution < 1.29 is 9.59 Å². The van der Waals surface area contributed by atoms with E-state index >= 15 is 0 Å². The quantitative estimate of drug-likeness (QED) is 0.418. The van der Waals surface area contributed by atoms with Crippen molar-refractivity contribution in [3.8, 4) is 0 Å². The van der Waals surface area contributed by atoms with Gasteiger partial charge in [0, 0.05) is 52.4 Å². The summed E-state index contributed by atoms with van der Waals surface area (Å²) < 4.78 is 0. The minimum atomic E-state index is -0.371. The Morgan fingerprint density at radius 3 is 2.22 bits per heavy atom. The summed E-state index contributed by atoms with van der Waals surface area (Å²) in [6, 6.07) is -0.371. The van der Waals surface area contributed by atoms with Crippen LogP contribution in [0.15, 0.2) is 0 Å². The molecule has 0 aliphatic carbocycles. The Morgan fingerprint density at radius 2 is 1.70 bits per heavy atom. The van der Waals surface area contributed by atoms with Crippen molar-refractivity contribution in [1.82, 2.24) is 26.2 Å². The van der Waals surface area contributed by atoms with Gasteiger partial charge in [-0.05, 0) is 18.4 Å². The third-order valence-electron chi connectivity index (χ3n) is 3.68. The largest absolute Gasteiger partial charge is 0.345 e. The van der Waals surface area contributed by atoms with E-state index in [1.807, 2.05) is 6.26 Å². The van der Waals surface area contributed by atoms with Crippen molar-refractivity contribution in [2.24, 2.45) is 0 Å². The lowest BCUT2D eigenvalue weighted by Crippen LogP contribution is -2.47. The van der Waals surface area contributed by atoms with Gasteiger partial charge in [0.05, 0.1) is 12.6 Å². The maximum atomic E-state index is 12.1. The second-order valence-electron chi connectivity index (χ2n) is 5.62. The summed E-state index contributed by atoms with van der Waals surface area (Å²) in [7, 11) is 0. The van der Waals surface area contributed by atoms with Crippen LogP contribution >= 0.6 is 11.8 Å². The third kappa shape index (κ3) is 10.7. The first kappa shape index (κ1) is 20.4. The molecule has 134 valence electrons. The molecule has 4 N–H and O–H groups in total. The summed E-state index contributed by atoms with van der Waals surface area (Å²) in [5, 5.41) is 12.9. The summed E-state index contributed by atoms with van der Waals surface area (Å²) in [6.07, 6.45) is 3.52. The van der Waals surface area contributed by atoms with Gasteiger partial charge in [-0.25, -0.2) is 0 Å². The highest BCUT2D eigenvalue weighted by atomic mass is 32.2. The molecular formula is C15H31N5O2S. The van der Waals surface area contributed by atoms with Gasteiger partial charge in [0.1, 0.15) is 6.29 Å². The second kappa shape index (κ2) is 13.7. The molecule has 1 aliphatic heterocycles. The Hall–Kier alpha value is -0.670. The number of thioether (sulfide) groups is 1. The monoisotopic (exact) mass is 345 g/mol. The van der Waals surface area contributed by atoms with E-state index in [2.05, 4.69) is 26.2 Å².